The van der Waals surface area contributed by atoms with Crippen molar-refractivity contribution in [2.45, 2.75) is 12.6 Å². The lowest BCUT2D eigenvalue weighted by atomic mass is 10.4. The van der Waals surface area contributed by atoms with Crippen molar-refractivity contribution < 1.29 is 22.7 Å². The second-order valence-corrected chi connectivity index (χ2v) is 2.80. The van der Waals surface area contributed by atoms with Crippen LogP contribution in [0.2, 0.25) is 0 Å². The maximum Gasteiger partial charge on any atom is 0.422 e. The molecule has 1 aromatic rings. The zero-order valence-corrected chi connectivity index (χ0v) is 8.04. The summed E-state index contributed by atoms with van der Waals surface area (Å²) < 4.78 is 38.8. The molecule has 0 fully saturated rings. The Kier molecular flexibility index (Phi) is 4.09. The fourth-order valence-electron chi connectivity index (χ4n) is 0.833. The van der Waals surface area contributed by atoms with Gasteiger partial charge in [-0.05, 0) is 0 Å². The summed E-state index contributed by atoms with van der Waals surface area (Å²) in [6, 6.07) is 0. The summed E-state index contributed by atoms with van der Waals surface area (Å²) in [7, 11) is 0. The number of carbonyl (C=O) groups excluding carboxylic acids is 1. The average molecular weight is 238 g/mol. The van der Waals surface area contributed by atoms with Gasteiger partial charge in [0.15, 0.2) is 6.61 Å². The van der Waals surface area contributed by atoms with Crippen LogP contribution in [0.15, 0.2) is 6.33 Å². The quantitative estimate of drug-likeness (QED) is 0.806. The predicted octanol–water partition coefficient (Wildman–Crippen LogP) is 0.636. The maximum atomic E-state index is 11.6. The van der Waals surface area contributed by atoms with Gasteiger partial charge in [0.05, 0.1) is 0 Å². The summed E-state index contributed by atoms with van der Waals surface area (Å²) in [5, 5.41) is 8.24. The number of H-pyrrole nitrogens is 1. The number of amides is 1. The predicted molar refractivity (Wildman–Crippen MR) is 45.5 cm³/mol. The Morgan fingerprint density at radius 2 is 2.31 bits per heavy atom. The molecule has 0 aliphatic heterocycles. The number of nitrogens with zero attached hydrogens (tertiary/aromatic N) is 2. The van der Waals surface area contributed by atoms with Crippen LogP contribution in [0.3, 0.4) is 0 Å². The Hall–Kier alpha value is -1.80. The number of hydrogen-bond acceptors (Lipinski definition) is 4. The van der Waals surface area contributed by atoms with Crippen molar-refractivity contribution in [2.75, 3.05) is 13.2 Å². The molecule has 0 aromatic carbocycles. The molecule has 1 amide bonds. The van der Waals surface area contributed by atoms with Gasteiger partial charge < -0.3 is 10.1 Å². The highest BCUT2D eigenvalue weighted by Gasteiger charge is 2.29. The van der Waals surface area contributed by atoms with Gasteiger partial charge in [-0.3, -0.25) is 5.10 Å². The van der Waals surface area contributed by atoms with Gasteiger partial charge in [-0.2, -0.15) is 18.3 Å². The molecule has 6 nitrogen and oxygen atoms in total. The van der Waals surface area contributed by atoms with Crippen LogP contribution >= 0.6 is 0 Å². The Morgan fingerprint density at radius 1 is 1.56 bits per heavy atom. The number of halogens is 3. The number of nitrogens with one attached hydrogen (secondary N) is 2. The van der Waals surface area contributed by atoms with Crippen molar-refractivity contribution in [3.05, 3.63) is 12.2 Å². The van der Waals surface area contributed by atoms with E-state index in [4.69, 9.17) is 0 Å². The normalized spacial score (nSPS) is 11.2. The van der Waals surface area contributed by atoms with Gasteiger partial charge in [0.2, 0.25) is 0 Å². The number of aromatic amines is 1. The minimum atomic E-state index is -4.51. The number of rotatable bonds is 4. The third-order valence-electron chi connectivity index (χ3n) is 1.46. The number of hydrogen-bond donors (Lipinski definition) is 2. The first-order chi connectivity index (χ1) is 7.47. The summed E-state index contributed by atoms with van der Waals surface area (Å²) >= 11 is 0. The average Bonchev–Trinajstić information content (AvgIpc) is 2.66. The van der Waals surface area contributed by atoms with Crippen molar-refractivity contribution >= 4 is 6.09 Å². The number of carbonyl (C=O) groups is 1. The Labute approximate surface area is 88.2 Å². The molecule has 1 aromatic heterocycles. The van der Waals surface area contributed by atoms with Crippen molar-refractivity contribution in [1.29, 1.82) is 0 Å². The molecule has 90 valence electrons. The van der Waals surface area contributed by atoms with Gasteiger partial charge >= 0.3 is 12.3 Å². The van der Waals surface area contributed by atoms with E-state index in [9.17, 15) is 18.0 Å². The fourth-order valence-corrected chi connectivity index (χ4v) is 0.833. The standard InChI is InChI=1S/C7H9F3N4O2/c8-7(9,10)3-16-6(15)11-2-1-5-12-4-13-14-5/h4H,1-3H2,(H,11,15)(H,12,13,14). The first kappa shape index (κ1) is 12.3. The van der Waals surface area contributed by atoms with E-state index in [2.05, 4.69) is 25.2 Å². The summed E-state index contributed by atoms with van der Waals surface area (Å²) in [6.07, 6.45) is -4.00. The zero-order valence-electron chi connectivity index (χ0n) is 8.04. The van der Waals surface area contributed by atoms with Crippen LogP contribution in [0.4, 0.5) is 18.0 Å². The van der Waals surface area contributed by atoms with Gasteiger partial charge in [-0.25, -0.2) is 9.78 Å². The second-order valence-electron chi connectivity index (χ2n) is 2.80. The lowest BCUT2D eigenvalue weighted by Gasteiger charge is -2.08. The van der Waals surface area contributed by atoms with Crippen molar-refractivity contribution in [3.8, 4) is 0 Å². The zero-order chi connectivity index (χ0) is 12.0. The third kappa shape index (κ3) is 5.17. The lowest BCUT2D eigenvalue weighted by molar-refractivity contribution is -0.160. The van der Waals surface area contributed by atoms with Crippen LogP contribution in [-0.4, -0.2) is 40.6 Å². The van der Waals surface area contributed by atoms with E-state index >= 15 is 0 Å². The summed E-state index contributed by atoms with van der Waals surface area (Å²) in [4.78, 5) is 14.5. The number of ether oxygens (including phenoxy) is 1. The van der Waals surface area contributed by atoms with E-state index in [0.717, 1.165) is 0 Å². The topological polar surface area (TPSA) is 79.9 Å². The molecular weight excluding hydrogens is 229 g/mol. The van der Waals surface area contributed by atoms with Crippen molar-refractivity contribution in [3.63, 3.8) is 0 Å². The van der Waals surface area contributed by atoms with Gasteiger partial charge in [-0.15, -0.1) is 0 Å². The first-order valence-electron chi connectivity index (χ1n) is 4.29. The van der Waals surface area contributed by atoms with E-state index < -0.39 is 18.9 Å². The van der Waals surface area contributed by atoms with Crippen LogP contribution in [0.1, 0.15) is 5.82 Å². The number of alkyl halides is 3. The van der Waals surface area contributed by atoms with Crippen LogP contribution < -0.4 is 5.32 Å². The molecule has 0 aliphatic rings. The van der Waals surface area contributed by atoms with Crippen LogP contribution in [0, 0.1) is 0 Å². The monoisotopic (exact) mass is 238 g/mol. The van der Waals surface area contributed by atoms with Gasteiger partial charge in [0.1, 0.15) is 12.2 Å². The maximum absolute atomic E-state index is 11.6. The molecule has 0 saturated heterocycles. The van der Waals surface area contributed by atoms with E-state index in [-0.39, 0.29) is 6.54 Å². The van der Waals surface area contributed by atoms with E-state index in [0.29, 0.717) is 12.2 Å². The van der Waals surface area contributed by atoms with E-state index in [1.807, 2.05) is 0 Å². The smallest absolute Gasteiger partial charge is 0.422 e. The van der Waals surface area contributed by atoms with Crippen molar-refractivity contribution in [2.24, 2.45) is 0 Å². The first-order valence-corrected chi connectivity index (χ1v) is 4.29. The molecule has 0 atom stereocenters. The Bertz CT molecular complexity index is 325. The highest BCUT2D eigenvalue weighted by Crippen LogP contribution is 2.14. The number of alkyl carbamates (subject to hydrolysis) is 1. The molecule has 0 radical (unpaired) electrons. The van der Waals surface area contributed by atoms with Crippen LogP contribution in [-0.2, 0) is 11.2 Å². The molecule has 1 rings (SSSR count). The largest absolute Gasteiger partial charge is 0.440 e. The van der Waals surface area contributed by atoms with Gasteiger partial charge in [0, 0.05) is 13.0 Å². The SMILES string of the molecule is O=C(NCCc1ncn[nH]1)OCC(F)(F)F. The summed E-state index contributed by atoms with van der Waals surface area (Å²) in [5.41, 5.74) is 0. The third-order valence-corrected chi connectivity index (χ3v) is 1.46. The minimum absolute atomic E-state index is 0.117. The van der Waals surface area contributed by atoms with Gasteiger partial charge in [-0.1, -0.05) is 0 Å². The van der Waals surface area contributed by atoms with Crippen LogP contribution in [0.25, 0.3) is 0 Å². The molecule has 9 heteroatoms. The fraction of sp³-hybridized carbons (Fsp3) is 0.571. The Morgan fingerprint density at radius 3 is 2.88 bits per heavy atom. The highest BCUT2D eigenvalue weighted by molar-refractivity contribution is 5.67. The molecule has 0 unspecified atom stereocenters. The Balaban J connectivity index is 2.11. The molecule has 0 spiro atoms. The molecule has 0 saturated carbocycles. The lowest BCUT2D eigenvalue weighted by Crippen LogP contribution is -2.30. The van der Waals surface area contributed by atoms with E-state index in [1.54, 1.807) is 0 Å². The van der Waals surface area contributed by atoms with Crippen molar-refractivity contribution in [1.82, 2.24) is 20.5 Å². The highest BCUT2D eigenvalue weighted by atomic mass is 19.4. The molecule has 0 bridgehead atoms. The second kappa shape index (κ2) is 5.33. The molecule has 16 heavy (non-hydrogen) atoms. The number of aromatic nitrogens is 3. The van der Waals surface area contributed by atoms with Gasteiger partial charge in [0.25, 0.3) is 0 Å². The van der Waals surface area contributed by atoms with Crippen LogP contribution in [0.5, 0.6) is 0 Å². The minimum Gasteiger partial charge on any atom is -0.440 e. The summed E-state index contributed by atoms with van der Waals surface area (Å²) in [6.45, 7) is -1.48. The molecular formula is C7H9F3N4O2. The molecule has 0 aliphatic carbocycles. The summed E-state index contributed by atoms with van der Waals surface area (Å²) in [5.74, 6) is 0.524. The molecule has 1 heterocycles. The van der Waals surface area contributed by atoms with E-state index in [1.165, 1.54) is 6.33 Å². The molecule has 2 N–H and O–H groups in total.